The molecular formula is C12H12N2O2. The summed E-state index contributed by atoms with van der Waals surface area (Å²) in [7, 11) is 1.57. The first-order chi connectivity index (χ1) is 7.76. The lowest BCUT2D eigenvalue weighted by molar-refractivity contribution is 0.415. The van der Waals surface area contributed by atoms with E-state index in [1.165, 1.54) is 10.9 Å². The van der Waals surface area contributed by atoms with Gasteiger partial charge < -0.3 is 4.74 Å². The number of aromatic nitrogens is 2. The summed E-state index contributed by atoms with van der Waals surface area (Å²) in [6.07, 6.45) is 4.97. The molecule has 0 bridgehead atoms. The Morgan fingerprint density at radius 3 is 2.94 bits per heavy atom. The third-order valence-corrected chi connectivity index (χ3v) is 2.30. The van der Waals surface area contributed by atoms with Crippen molar-refractivity contribution in [3.8, 4) is 5.75 Å². The van der Waals surface area contributed by atoms with Gasteiger partial charge in [-0.3, -0.25) is 9.36 Å². The molecule has 0 spiro atoms. The smallest absolute Gasteiger partial charge is 0.265 e. The van der Waals surface area contributed by atoms with Crippen molar-refractivity contribution in [1.82, 2.24) is 9.55 Å². The average Bonchev–Trinajstić information content (AvgIpc) is 2.33. The fourth-order valence-corrected chi connectivity index (χ4v) is 1.51. The van der Waals surface area contributed by atoms with E-state index in [1.807, 2.05) is 6.92 Å². The highest BCUT2D eigenvalue weighted by atomic mass is 16.5. The van der Waals surface area contributed by atoms with Gasteiger partial charge in [0.25, 0.3) is 5.56 Å². The summed E-state index contributed by atoms with van der Waals surface area (Å²) >= 11 is 0. The molecule has 0 atom stereocenters. The van der Waals surface area contributed by atoms with E-state index < -0.39 is 0 Å². The number of benzene rings is 1. The van der Waals surface area contributed by atoms with Gasteiger partial charge in [-0.1, -0.05) is 6.08 Å². The molecule has 16 heavy (non-hydrogen) atoms. The lowest BCUT2D eigenvalue weighted by atomic mass is 10.2. The first-order valence-electron chi connectivity index (χ1n) is 4.94. The monoisotopic (exact) mass is 216 g/mol. The van der Waals surface area contributed by atoms with Gasteiger partial charge in [0.15, 0.2) is 0 Å². The molecule has 2 rings (SSSR count). The highest BCUT2D eigenvalue weighted by molar-refractivity contribution is 5.79. The van der Waals surface area contributed by atoms with Gasteiger partial charge in [0.1, 0.15) is 12.1 Å². The zero-order chi connectivity index (χ0) is 11.5. The van der Waals surface area contributed by atoms with Gasteiger partial charge in [0, 0.05) is 6.20 Å². The Morgan fingerprint density at radius 1 is 1.44 bits per heavy atom. The Hall–Kier alpha value is -2.10. The van der Waals surface area contributed by atoms with Crippen LogP contribution in [-0.4, -0.2) is 16.7 Å². The van der Waals surface area contributed by atoms with Gasteiger partial charge in [0.2, 0.25) is 0 Å². The molecule has 82 valence electrons. The predicted molar refractivity (Wildman–Crippen MR) is 63.6 cm³/mol. The second kappa shape index (κ2) is 4.18. The Balaban J connectivity index is 2.76. The highest BCUT2D eigenvalue weighted by Gasteiger charge is 2.03. The number of nitrogens with zero attached hydrogens (tertiary/aromatic N) is 2. The normalized spacial score (nSPS) is 11.1. The number of hydrogen-bond donors (Lipinski definition) is 0. The molecule has 0 saturated carbocycles. The lowest BCUT2D eigenvalue weighted by Crippen LogP contribution is -2.15. The minimum atomic E-state index is -0.0954. The molecule has 4 nitrogen and oxygen atoms in total. The van der Waals surface area contributed by atoms with Gasteiger partial charge in [-0.25, -0.2) is 4.98 Å². The molecule has 1 aromatic heterocycles. The van der Waals surface area contributed by atoms with Crippen LogP contribution in [0.25, 0.3) is 17.1 Å². The van der Waals surface area contributed by atoms with Gasteiger partial charge in [-0.15, -0.1) is 0 Å². The number of fused-ring (bicyclic) bond motifs is 1. The molecule has 2 aromatic rings. The fraction of sp³-hybridized carbons (Fsp3) is 0.167. The molecule has 0 amide bonds. The van der Waals surface area contributed by atoms with Crippen molar-refractivity contribution < 1.29 is 4.74 Å². The fourth-order valence-electron chi connectivity index (χ4n) is 1.51. The topological polar surface area (TPSA) is 44.1 Å². The number of hydrogen-bond acceptors (Lipinski definition) is 3. The van der Waals surface area contributed by atoms with Crippen molar-refractivity contribution in [2.45, 2.75) is 6.92 Å². The Labute approximate surface area is 92.8 Å². The largest absolute Gasteiger partial charge is 0.497 e. The summed E-state index contributed by atoms with van der Waals surface area (Å²) in [5.74, 6) is 0.657. The predicted octanol–water partition coefficient (Wildman–Crippen LogP) is 1.90. The van der Waals surface area contributed by atoms with E-state index in [9.17, 15) is 4.79 Å². The molecule has 0 aliphatic rings. The summed E-state index contributed by atoms with van der Waals surface area (Å²) < 4.78 is 6.53. The van der Waals surface area contributed by atoms with Crippen LogP contribution in [0.1, 0.15) is 6.92 Å². The number of methoxy groups -OCH3 is 1. The summed E-state index contributed by atoms with van der Waals surface area (Å²) in [4.78, 5) is 16.2. The van der Waals surface area contributed by atoms with E-state index in [0.29, 0.717) is 16.7 Å². The van der Waals surface area contributed by atoms with E-state index in [2.05, 4.69) is 4.98 Å². The molecule has 0 radical (unpaired) electrons. The van der Waals surface area contributed by atoms with Crippen LogP contribution in [0.4, 0.5) is 0 Å². The molecule has 1 aromatic carbocycles. The summed E-state index contributed by atoms with van der Waals surface area (Å²) in [5, 5.41) is 0.556. The van der Waals surface area contributed by atoms with Crippen LogP contribution in [0.2, 0.25) is 0 Å². The Morgan fingerprint density at radius 2 is 2.25 bits per heavy atom. The maximum absolute atomic E-state index is 12.0. The molecule has 0 N–H and O–H groups in total. The minimum Gasteiger partial charge on any atom is -0.497 e. The SMILES string of the molecule is C/C=C/n1cnc2ccc(OC)cc2c1=O. The van der Waals surface area contributed by atoms with Crippen LogP contribution in [-0.2, 0) is 0 Å². The second-order valence-corrected chi connectivity index (χ2v) is 3.32. The summed E-state index contributed by atoms with van der Waals surface area (Å²) in [6.45, 7) is 1.85. The highest BCUT2D eigenvalue weighted by Crippen LogP contribution is 2.15. The first-order valence-corrected chi connectivity index (χ1v) is 4.94. The molecular weight excluding hydrogens is 204 g/mol. The van der Waals surface area contributed by atoms with E-state index in [0.717, 1.165) is 0 Å². The summed E-state index contributed by atoms with van der Waals surface area (Å²) in [5.41, 5.74) is 0.577. The summed E-state index contributed by atoms with van der Waals surface area (Å²) in [6, 6.07) is 5.26. The zero-order valence-electron chi connectivity index (χ0n) is 9.18. The zero-order valence-corrected chi connectivity index (χ0v) is 9.18. The average molecular weight is 216 g/mol. The van der Waals surface area contributed by atoms with Crippen molar-refractivity contribution in [3.05, 3.63) is 41.0 Å². The van der Waals surface area contributed by atoms with Crippen molar-refractivity contribution in [1.29, 1.82) is 0 Å². The minimum absolute atomic E-state index is 0.0954. The number of allylic oxidation sites excluding steroid dienone is 1. The standard InChI is InChI=1S/C12H12N2O2/c1-3-6-14-8-13-11-5-4-9(16-2)7-10(11)12(14)15/h3-8H,1-2H3/b6-3+. The lowest BCUT2D eigenvalue weighted by Gasteiger charge is -2.03. The van der Waals surface area contributed by atoms with Crippen molar-refractivity contribution in [2.75, 3.05) is 7.11 Å². The van der Waals surface area contributed by atoms with Gasteiger partial charge in [-0.2, -0.15) is 0 Å². The third-order valence-electron chi connectivity index (χ3n) is 2.30. The molecule has 0 fully saturated rings. The third kappa shape index (κ3) is 1.69. The van der Waals surface area contributed by atoms with E-state index in [1.54, 1.807) is 37.6 Å². The van der Waals surface area contributed by atoms with Crippen LogP contribution in [0.5, 0.6) is 5.75 Å². The number of rotatable bonds is 2. The van der Waals surface area contributed by atoms with Gasteiger partial charge in [-0.05, 0) is 25.1 Å². The van der Waals surface area contributed by atoms with Gasteiger partial charge in [0.05, 0.1) is 18.0 Å². The first kappa shape index (κ1) is 10.4. The maximum Gasteiger partial charge on any atom is 0.265 e. The van der Waals surface area contributed by atoms with Crippen LogP contribution >= 0.6 is 0 Å². The second-order valence-electron chi connectivity index (χ2n) is 3.32. The van der Waals surface area contributed by atoms with Crippen LogP contribution in [0.15, 0.2) is 35.4 Å². The van der Waals surface area contributed by atoms with Crippen LogP contribution in [0, 0.1) is 0 Å². The Kier molecular flexibility index (Phi) is 2.72. The molecule has 0 aliphatic carbocycles. The quantitative estimate of drug-likeness (QED) is 0.770. The van der Waals surface area contributed by atoms with Crippen molar-refractivity contribution in [2.24, 2.45) is 0 Å². The number of ether oxygens (including phenoxy) is 1. The molecule has 0 saturated heterocycles. The van der Waals surface area contributed by atoms with Gasteiger partial charge >= 0.3 is 0 Å². The van der Waals surface area contributed by atoms with E-state index in [4.69, 9.17) is 4.74 Å². The van der Waals surface area contributed by atoms with E-state index >= 15 is 0 Å². The molecule has 1 heterocycles. The molecule has 0 unspecified atom stereocenters. The molecule has 0 aliphatic heterocycles. The maximum atomic E-state index is 12.0. The Bertz CT molecular complexity index is 599. The van der Waals surface area contributed by atoms with Crippen molar-refractivity contribution >= 4 is 17.1 Å². The van der Waals surface area contributed by atoms with Crippen LogP contribution < -0.4 is 10.3 Å². The molecule has 4 heteroatoms. The van der Waals surface area contributed by atoms with Crippen LogP contribution in [0.3, 0.4) is 0 Å². The van der Waals surface area contributed by atoms with Crippen molar-refractivity contribution in [3.63, 3.8) is 0 Å². The van der Waals surface area contributed by atoms with E-state index in [-0.39, 0.29) is 5.56 Å².